The van der Waals surface area contributed by atoms with Crippen LogP contribution in [0.2, 0.25) is 0 Å². The predicted molar refractivity (Wildman–Crippen MR) is 97.4 cm³/mol. The van der Waals surface area contributed by atoms with Crippen LogP contribution in [-0.2, 0) is 13.2 Å². The molecule has 0 spiro atoms. The van der Waals surface area contributed by atoms with E-state index in [1.54, 1.807) is 12.1 Å². The Morgan fingerprint density at radius 3 is 2.43 bits per heavy atom. The number of nitrogens with one attached hydrogen (secondary N) is 1. The number of hydrogen-bond donors (Lipinski definition) is 1. The number of nitrogens with zero attached hydrogens (tertiary/aromatic N) is 4. The number of alkyl halides is 5. The molecule has 2 heterocycles. The molecule has 2 aromatic heterocycles. The number of carbonyl (C=O) groups is 1. The smallest absolute Gasteiger partial charge is 0.319 e. The molecule has 3 rings (SSSR count). The number of amides is 1. The van der Waals surface area contributed by atoms with Crippen molar-refractivity contribution in [3.63, 3.8) is 0 Å². The standard InChI is InChI=1S/C16H11F5IN5O/c1-26-7-10(12(25-26)14(17)18)15(28)24-11-6-23-27(13(11)16(19,20)21)9-4-2-8(22)3-5-9/h2-7,14H,1H3,(H,24,28). The zero-order valence-corrected chi connectivity index (χ0v) is 16.2. The highest BCUT2D eigenvalue weighted by molar-refractivity contribution is 14.1. The molecule has 1 N–H and O–H groups in total. The molecule has 6 nitrogen and oxygen atoms in total. The van der Waals surface area contributed by atoms with Crippen LogP contribution in [0.3, 0.4) is 0 Å². The van der Waals surface area contributed by atoms with Gasteiger partial charge in [0.05, 0.1) is 23.1 Å². The van der Waals surface area contributed by atoms with E-state index in [4.69, 9.17) is 0 Å². The molecule has 1 aromatic carbocycles. The van der Waals surface area contributed by atoms with Crippen LogP contribution in [0.25, 0.3) is 5.69 Å². The summed E-state index contributed by atoms with van der Waals surface area (Å²) in [6.07, 6.45) is -6.09. The quantitative estimate of drug-likeness (QED) is 0.417. The lowest BCUT2D eigenvalue weighted by molar-refractivity contribution is -0.142. The summed E-state index contributed by atoms with van der Waals surface area (Å²) in [4.78, 5) is 12.3. The van der Waals surface area contributed by atoms with E-state index in [1.807, 2.05) is 27.9 Å². The van der Waals surface area contributed by atoms with Gasteiger partial charge in [-0.1, -0.05) is 0 Å². The van der Waals surface area contributed by atoms with E-state index in [2.05, 4.69) is 10.2 Å². The van der Waals surface area contributed by atoms with E-state index in [9.17, 15) is 26.7 Å². The maximum atomic E-state index is 13.6. The lowest BCUT2D eigenvalue weighted by Gasteiger charge is -2.13. The third-order valence-electron chi connectivity index (χ3n) is 3.67. The molecule has 0 aliphatic heterocycles. The first-order valence-electron chi connectivity index (χ1n) is 7.62. The number of anilines is 1. The summed E-state index contributed by atoms with van der Waals surface area (Å²) in [5.41, 5.74) is -3.10. The van der Waals surface area contributed by atoms with Gasteiger partial charge >= 0.3 is 6.18 Å². The number of hydrogen-bond acceptors (Lipinski definition) is 3. The highest BCUT2D eigenvalue weighted by atomic mass is 127. The summed E-state index contributed by atoms with van der Waals surface area (Å²) < 4.78 is 69.3. The van der Waals surface area contributed by atoms with Crippen LogP contribution in [0, 0.1) is 3.57 Å². The molecule has 0 saturated heterocycles. The van der Waals surface area contributed by atoms with E-state index in [0.29, 0.717) is 4.68 Å². The zero-order valence-electron chi connectivity index (χ0n) is 14.0. The van der Waals surface area contributed by atoms with Crippen LogP contribution < -0.4 is 5.32 Å². The molecule has 3 aromatic rings. The van der Waals surface area contributed by atoms with Crippen LogP contribution in [0.4, 0.5) is 27.6 Å². The summed E-state index contributed by atoms with van der Waals surface area (Å²) in [6.45, 7) is 0. The minimum atomic E-state index is -4.86. The van der Waals surface area contributed by atoms with Crippen LogP contribution >= 0.6 is 22.6 Å². The van der Waals surface area contributed by atoms with Crippen molar-refractivity contribution in [1.82, 2.24) is 19.6 Å². The molecular weight excluding hydrogens is 500 g/mol. The minimum Gasteiger partial charge on any atom is -0.319 e. The lowest BCUT2D eigenvalue weighted by atomic mass is 10.2. The third-order valence-corrected chi connectivity index (χ3v) is 4.38. The van der Waals surface area contributed by atoms with Gasteiger partial charge in [0.25, 0.3) is 12.3 Å². The molecule has 0 radical (unpaired) electrons. The second kappa shape index (κ2) is 7.48. The molecule has 0 unspecified atom stereocenters. The van der Waals surface area contributed by atoms with Gasteiger partial charge in [-0.25, -0.2) is 13.5 Å². The topological polar surface area (TPSA) is 64.7 Å². The molecule has 0 aliphatic rings. The highest BCUT2D eigenvalue weighted by Crippen LogP contribution is 2.36. The number of aryl methyl sites for hydroxylation is 1. The average molecular weight is 511 g/mol. The third kappa shape index (κ3) is 4.00. The Hall–Kier alpha value is -2.51. The first kappa shape index (κ1) is 20.2. The van der Waals surface area contributed by atoms with E-state index in [0.717, 1.165) is 20.6 Å². The largest absolute Gasteiger partial charge is 0.435 e. The molecule has 12 heteroatoms. The number of rotatable bonds is 4. The summed E-state index contributed by atoms with van der Waals surface area (Å²) in [5, 5.41) is 9.18. The Balaban J connectivity index is 2.01. The maximum absolute atomic E-state index is 13.6. The normalized spacial score (nSPS) is 11.9. The Labute approximate surface area is 168 Å². The SMILES string of the molecule is Cn1cc(C(=O)Nc2cnn(-c3ccc(I)cc3)c2C(F)(F)F)c(C(F)F)n1. The second-order valence-electron chi connectivity index (χ2n) is 5.65. The number of carbonyl (C=O) groups excluding carboxylic acids is 1. The van der Waals surface area contributed by atoms with Gasteiger partial charge in [0.15, 0.2) is 5.69 Å². The van der Waals surface area contributed by atoms with Crippen molar-refractivity contribution in [2.24, 2.45) is 7.05 Å². The van der Waals surface area contributed by atoms with Gasteiger partial charge in [-0.2, -0.15) is 23.4 Å². The summed E-state index contributed by atoms with van der Waals surface area (Å²) in [5.74, 6) is -1.14. The van der Waals surface area contributed by atoms with Crippen molar-refractivity contribution in [2.45, 2.75) is 12.6 Å². The first-order valence-corrected chi connectivity index (χ1v) is 8.70. The molecule has 148 valence electrons. The lowest BCUT2D eigenvalue weighted by Crippen LogP contribution is -2.19. The number of aromatic nitrogens is 4. The minimum absolute atomic E-state index is 0.128. The van der Waals surface area contributed by atoms with Gasteiger partial charge in [0.2, 0.25) is 0 Å². The fraction of sp³-hybridized carbons (Fsp3) is 0.188. The van der Waals surface area contributed by atoms with Gasteiger partial charge in [-0.05, 0) is 46.9 Å². The molecule has 0 fully saturated rings. The zero-order chi connectivity index (χ0) is 20.6. The van der Waals surface area contributed by atoms with Gasteiger partial charge < -0.3 is 5.32 Å². The van der Waals surface area contributed by atoms with Crippen molar-refractivity contribution < 1.29 is 26.7 Å². The van der Waals surface area contributed by atoms with Crippen molar-refractivity contribution in [3.05, 3.63) is 57.2 Å². The van der Waals surface area contributed by atoms with E-state index in [1.165, 1.54) is 19.2 Å². The molecule has 0 aliphatic carbocycles. The Morgan fingerprint density at radius 1 is 1.21 bits per heavy atom. The van der Waals surface area contributed by atoms with Gasteiger partial charge in [-0.3, -0.25) is 9.48 Å². The van der Waals surface area contributed by atoms with Gasteiger partial charge in [0, 0.05) is 16.8 Å². The Kier molecular flexibility index (Phi) is 5.41. The fourth-order valence-corrected chi connectivity index (χ4v) is 2.88. The van der Waals surface area contributed by atoms with Crippen molar-refractivity contribution in [3.8, 4) is 5.69 Å². The Morgan fingerprint density at radius 2 is 1.86 bits per heavy atom. The van der Waals surface area contributed by atoms with E-state index in [-0.39, 0.29) is 5.69 Å². The van der Waals surface area contributed by atoms with E-state index >= 15 is 0 Å². The van der Waals surface area contributed by atoms with Crippen LogP contribution in [0.1, 0.15) is 28.2 Å². The summed E-state index contributed by atoms with van der Waals surface area (Å²) in [6, 6.07) is 6.07. The van der Waals surface area contributed by atoms with Crippen LogP contribution in [0.5, 0.6) is 0 Å². The number of halogens is 6. The molecule has 0 bridgehead atoms. The Bertz CT molecular complexity index is 1010. The molecular formula is C16H11F5IN5O. The van der Waals surface area contributed by atoms with E-state index < -0.39 is 41.1 Å². The van der Waals surface area contributed by atoms with Crippen LogP contribution in [-0.4, -0.2) is 25.5 Å². The second-order valence-corrected chi connectivity index (χ2v) is 6.89. The average Bonchev–Trinajstić information content (AvgIpc) is 3.19. The monoisotopic (exact) mass is 511 g/mol. The number of benzene rings is 1. The van der Waals surface area contributed by atoms with Gasteiger partial charge in [-0.15, -0.1) is 0 Å². The molecule has 0 saturated carbocycles. The van der Waals surface area contributed by atoms with Crippen LogP contribution in [0.15, 0.2) is 36.7 Å². The maximum Gasteiger partial charge on any atom is 0.435 e. The fourth-order valence-electron chi connectivity index (χ4n) is 2.52. The summed E-state index contributed by atoms with van der Waals surface area (Å²) >= 11 is 2.00. The van der Waals surface area contributed by atoms with Crippen molar-refractivity contribution in [1.29, 1.82) is 0 Å². The van der Waals surface area contributed by atoms with Crippen molar-refractivity contribution >= 4 is 34.2 Å². The molecule has 0 atom stereocenters. The highest BCUT2D eigenvalue weighted by Gasteiger charge is 2.39. The van der Waals surface area contributed by atoms with Gasteiger partial charge in [0.1, 0.15) is 5.69 Å². The molecule has 28 heavy (non-hydrogen) atoms. The summed E-state index contributed by atoms with van der Waals surface area (Å²) in [7, 11) is 1.32. The first-order chi connectivity index (χ1) is 13.1. The predicted octanol–water partition coefficient (Wildman–Crippen LogP) is 4.42. The van der Waals surface area contributed by atoms with Crippen molar-refractivity contribution in [2.75, 3.05) is 5.32 Å². The molecule has 1 amide bonds.